The van der Waals surface area contributed by atoms with Crippen LogP contribution >= 0.6 is 0 Å². The number of rotatable bonds is 4. The maximum Gasteiger partial charge on any atom is 0.105 e. The maximum absolute atomic E-state index is 9.57. The van der Waals surface area contributed by atoms with E-state index < -0.39 is 12.2 Å². The highest BCUT2D eigenvalue weighted by atomic mass is 16.3. The third-order valence-electron chi connectivity index (χ3n) is 2.39. The molecule has 0 amide bonds. The van der Waals surface area contributed by atoms with Crippen LogP contribution in [0.4, 0.5) is 0 Å². The average Bonchev–Trinajstić information content (AvgIpc) is 2.13. The summed E-state index contributed by atoms with van der Waals surface area (Å²) in [7, 11) is 0. The van der Waals surface area contributed by atoms with Crippen LogP contribution in [0.2, 0.25) is 0 Å². The highest BCUT2D eigenvalue weighted by Gasteiger charge is 2.19. The van der Waals surface area contributed by atoms with E-state index in [1.54, 1.807) is 6.08 Å². The van der Waals surface area contributed by atoms with Gasteiger partial charge in [-0.25, -0.2) is 0 Å². The summed E-state index contributed by atoms with van der Waals surface area (Å²) in [6.07, 6.45) is 8.32. The Morgan fingerprint density at radius 2 is 2.08 bits per heavy atom. The van der Waals surface area contributed by atoms with E-state index >= 15 is 0 Å². The molecule has 0 aromatic heterocycles. The molecule has 0 heterocycles. The van der Waals surface area contributed by atoms with Gasteiger partial charge in [0.25, 0.3) is 0 Å². The van der Waals surface area contributed by atoms with Gasteiger partial charge in [-0.1, -0.05) is 38.0 Å². The number of hydrogen-bond acceptors (Lipinski definition) is 2. The normalized spacial score (nSPS) is 27.5. The smallest absolute Gasteiger partial charge is 0.105 e. The van der Waals surface area contributed by atoms with E-state index in [0.717, 1.165) is 18.4 Å². The van der Waals surface area contributed by atoms with E-state index in [0.29, 0.717) is 0 Å². The van der Waals surface area contributed by atoms with Crippen molar-refractivity contribution < 1.29 is 10.2 Å². The van der Waals surface area contributed by atoms with Gasteiger partial charge in [-0.3, -0.25) is 0 Å². The molecule has 0 radical (unpaired) electrons. The van der Waals surface area contributed by atoms with Crippen molar-refractivity contribution in [1.29, 1.82) is 0 Å². The molecular formula is C11H18O2. The number of aliphatic hydroxyl groups is 2. The van der Waals surface area contributed by atoms with Crippen LogP contribution in [-0.2, 0) is 0 Å². The Labute approximate surface area is 79.6 Å². The van der Waals surface area contributed by atoms with Gasteiger partial charge in [0, 0.05) is 0 Å². The van der Waals surface area contributed by atoms with E-state index in [4.69, 9.17) is 0 Å². The van der Waals surface area contributed by atoms with Crippen molar-refractivity contribution in [2.45, 2.75) is 44.8 Å². The standard InChI is InChI=1S/C11H18O2/c1-2-3-4-6-9-7-5-8-10(12)11(9)13/h5,7-8,10-13H,2-4,6H2,1H3/t10-,11+/m0/s1. The van der Waals surface area contributed by atoms with Crippen LogP contribution in [0.1, 0.15) is 32.6 Å². The van der Waals surface area contributed by atoms with Crippen molar-refractivity contribution in [1.82, 2.24) is 0 Å². The molecule has 2 atom stereocenters. The quantitative estimate of drug-likeness (QED) is 0.651. The van der Waals surface area contributed by atoms with Crippen molar-refractivity contribution in [2.75, 3.05) is 0 Å². The van der Waals surface area contributed by atoms with E-state index in [-0.39, 0.29) is 0 Å². The molecule has 2 N–H and O–H groups in total. The fourth-order valence-electron chi connectivity index (χ4n) is 1.53. The van der Waals surface area contributed by atoms with Crippen molar-refractivity contribution in [3.63, 3.8) is 0 Å². The Balaban J connectivity index is 2.39. The lowest BCUT2D eigenvalue weighted by atomic mass is 9.94. The van der Waals surface area contributed by atoms with Gasteiger partial charge in [0.2, 0.25) is 0 Å². The minimum atomic E-state index is -0.707. The highest BCUT2D eigenvalue weighted by Crippen LogP contribution is 2.19. The zero-order valence-corrected chi connectivity index (χ0v) is 8.11. The Morgan fingerprint density at radius 3 is 2.77 bits per heavy atom. The second-order valence-corrected chi connectivity index (χ2v) is 3.52. The predicted octanol–water partition coefficient (Wildman–Crippen LogP) is 1.78. The van der Waals surface area contributed by atoms with Crippen LogP contribution in [-0.4, -0.2) is 22.4 Å². The summed E-state index contributed by atoms with van der Waals surface area (Å²) in [6.45, 7) is 2.15. The summed E-state index contributed by atoms with van der Waals surface area (Å²) < 4.78 is 0. The summed E-state index contributed by atoms with van der Waals surface area (Å²) in [5.74, 6) is 0. The van der Waals surface area contributed by atoms with Crippen molar-refractivity contribution in [3.8, 4) is 0 Å². The number of aliphatic hydroxyl groups excluding tert-OH is 2. The number of hydrogen-bond donors (Lipinski definition) is 2. The first-order valence-corrected chi connectivity index (χ1v) is 4.99. The lowest BCUT2D eigenvalue weighted by Crippen LogP contribution is -2.27. The molecule has 2 nitrogen and oxygen atoms in total. The summed E-state index contributed by atoms with van der Waals surface area (Å²) in [5, 5.41) is 18.9. The lowest BCUT2D eigenvalue weighted by molar-refractivity contribution is 0.0690. The molecule has 74 valence electrons. The molecule has 0 spiro atoms. The van der Waals surface area contributed by atoms with E-state index in [2.05, 4.69) is 6.92 Å². The largest absolute Gasteiger partial charge is 0.386 e. The zero-order chi connectivity index (χ0) is 9.68. The van der Waals surface area contributed by atoms with Gasteiger partial charge >= 0.3 is 0 Å². The van der Waals surface area contributed by atoms with Crippen LogP contribution in [0.25, 0.3) is 0 Å². The van der Waals surface area contributed by atoms with Crippen LogP contribution < -0.4 is 0 Å². The predicted molar refractivity (Wildman–Crippen MR) is 53.4 cm³/mol. The Kier molecular flexibility index (Phi) is 4.19. The third kappa shape index (κ3) is 2.98. The highest BCUT2D eigenvalue weighted by molar-refractivity contribution is 5.25. The molecule has 0 aromatic rings. The molecule has 1 aliphatic carbocycles. The first kappa shape index (κ1) is 10.5. The molecule has 13 heavy (non-hydrogen) atoms. The second kappa shape index (κ2) is 5.20. The third-order valence-corrected chi connectivity index (χ3v) is 2.39. The maximum atomic E-state index is 9.57. The van der Waals surface area contributed by atoms with Gasteiger partial charge in [0.15, 0.2) is 0 Å². The molecule has 0 bridgehead atoms. The monoisotopic (exact) mass is 182 g/mol. The molecule has 0 unspecified atom stereocenters. The summed E-state index contributed by atoms with van der Waals surface area (Å²) >= 11 is 0. The van der Waals surface area contributed by atoms with Crippen LogP contribution in [0.15, 0.2) is 23.8 Å². The fraction of sp³-hybridized carbons (Fsp3) is 0.636. The average molecular weight is 182 g/mol. The number of unbranched alkanes of at least 4 members (excludes halogenated alkanes) is 2. The number of allylic oxidation sites excluding steroid dienone is 2. The van der Waals surface area contributed by atoms with Gasteiger partial charge in [-0.2, -0.15) is 0 Å². The van der Waals surface area contributed by atoms with E-state index in [1.807, 2.05) is 12.2 Å². The summed E-state index contributed by atoms with van der Waals surface area (Å²) in [6, 6.07) is 0. The summed E-state index contributed by atoms with van der Waals surface area (Å²) in [5.41, 5.74) is 0.962. The Morgan fingerprint density at radius 1 is 1.31 bits per heavy atom. The molecule has 0 saturated carbocycles. The molecule has 1 rings (SSSR count). The van der Waals surface area contributed by atoms with Crippen LogP contribution in [0.5, 0.6) is 0 Å². The molecule has 0 saturated heterocycles. The minimum Gasteiger partial charge on any atom is -0.386 e. The van der Waals surface area contributed by atoms with Gasteiger partial charge in [0.1, 0.15) is 12.2 Å². The van der Waals surface area contributed by atoms with Gasteiger partial charge in [-0.15, -0.1) is 0 Å². The molecule has 0 aliphatic heterocycles. The van der Waals surface area contributed by atoms with E-state index in [1.165, 1.54) is 12.8 Å². The Bertz CT molecular complexity index is 206. The van der Waals surface area contributed by atoms with Crippen molar-refractivity contribution in [2.24, 2.45) is 0 Å². The zero-order valence-electron chi connectivity index (χ0n) is 8.11. The van der Waals surface area contributed by atoms with E-state index in [9.17, 15) is 10.2 Å². The molecule has 1 aliphatic rings. The molecule has 2 heteroatoms. The Hall–Kier alpha value is -0.600. The second-order valence-electron chi connectivity index (χ2n) is 3.52. The first-order chi connectivity index (χ1) is 6.25. The van der Waals surface area contributed by atoms with Gasteiger partial charge in [-0.05, 0) is 18.4 Å². The fourth-order valence-corrected chi connectivity index (χ4v) is 1.53. The minimum absolute atomic E-state index is 0.679. The van der Waals surface area contributed by atoms with Crippen LogP contribution in [0.3, 0.4) is 0 Å². The van der Waals surface area contributed by atoms with Gasteiger partial charge in [0.05, 0.1) is 0 Å². The topological polar surface area (TPSA) is 40.5 Å². The first-order valence-electron chi connectivity index (χ1n) is 4.99. The lowest BCUT2D eigenvalue weighted by Gasteiger charge is -2.21. The van der Waals surface area contributed by atoms with Crippen molar-refractivity contribution >= 4 is 0 Å². The molecule has 0 aromatic carbocycles. The molecule has 0 fully saturated rings. The van der Waals surface area contributed by atoms with Gasteiger partial charge < -0.3 is 10.2 Å². The van der Waals surface area contributed by atoms with Crippen LogP contribution in [0, 0.1) is 0 Å². The van der Waals surface area contributed by atoms with Crippen molar-refractivity contribution in [3.05, 3.63) is 23.8 Å². The summed E-state index contributed by atoms with van der Waals surface area (Å²) in [4.78, 5) is 0. The SMILES string of the molecule is CCCCCC1=CC=C[C@H](O)[C@@H]1O. The molecular weight excluding hydrogens is 164 g/mol.